The summed E-state index contributed by atoms with van der Waals surface area (Å²) in [7, 11) is 0. The molecule has 1 N–H and O–H groups in total. The number of nitrogens with one attached hydrogen (secondary N) is 1. The van der Waals surface area contributed by atoms with Crippen molar-refractivity contribution in [1.82, 2.24) is 0 Å². The van der Waals surface area contributed by atoms with E-state index in [0.29, 0.717) is 15.6 Å². The fourth-order valence-corrected chi connectivity index (χ4v) is 2.67. The predicted octanol–water partition coefficient (Wildman–Crippen LogP) is 3.90. The monoisotopic (exact) mass is 276 g/mol. The molecular weight excluding hydrogens is 268 g/mol. The average Bonchev–Trinajstić information content (AvgIpc) is 2.72. The Bertz CT molecular complexity index is 643. The summed E-state index contributed by atoms with van der Waals surface area (Å²) in [5, 5.41) is 14.1. The van der Waals surface area contributed by atoms with Gasteiger partial charge in [0.05, 0.1) is 5.69 Å². The fraction of sp³-hybridized carbons (Fsp3) is 0.0769. The normalized spacial score (nSPS) is 9.83. The summed E-state index contributed by atoms with van der Waals surface area (Å²) < 4.78 is 0. The van der Waals surface area contributed by atoms with Crippen molar-refractivity contribution in [2.45, 2.75) is 6.92 Å². The molecule has 3 nitrogen and oxygen atoms in total. The van der Waals surface area contributed by atoms with Gasteiger partial charge in [-0.2, -0.15) is 5.26 Å². The highest BCUT2D eigenvalue weighted by Crippen LogP contribution is 2.39. The van der Waals surface area contributed by atoms with Gasteiger partial charge in [-0.1, -0.05) is 29.8 Å². The molecule has 0 unspecified atom stereocenters. The van der Waals surface area contributed by atoms with Gasteiger partial charge < -0.3 is 5.32 Å². The van der Waals surface area contributed by atoms with Crippen LogP contribution in [0.25, 0.3) is 11.1 Å². The SMILES string of the molecule is CC(=O)Nc1c(-c2ccccc2Cl)csc1C#N. The Morgan fingerprint density at radius 2 is 2.11 bits per heavy atom. The second kappa shape index (κ2) is 5.21. The summed E-state index contributed by atoms with van der Waals surface area (Å²) >= 11 is 7.42. The molecule has 0 aliphatic heterocycles. The first-order valence-corrected chi connectivity index (χ1v) is 6.43. The summed E-state index contributed by atoms with van der Waals surface area (Å²) in [5.74, 6) is -0.210. The number of thiophene rings is 1. The third-order valence-corrected chi connectivity index (χ3v) is 3.57. The Kier molecular flexibility index (Phi) is 3.66. The largest absolute Gasteiger partial charge is 0.324 e. The smallest absolute Gasteiger partial charge is 0.221 e. The molecule has 0 bridgehead atoms. The van der Waals surface area contributed by atoms with Crippen molar-refractivity contribution in [2.75, 3.05) is 5.32 Å². The van der Waals surface area contributed by atoms with E-state index in [2.05, 4.69) is 11.4 Å². The number of rotatable bonds is 2. The summed E-state index contributed by atoms with van der Waals surface area (Å²) in [6.07, 6.45) is 0. The number of anilines is 1. The van der Waals surface area contributed by atoms with Crippen LogP contribution in [0.5, 0.6) is 0 Å². The molecule has 0 radical (unpaired) electrons. The van der Waals surface area contributed by atoms with Crippen molar-refractivity contribution in [3.05, 3.63) is 39.5 Å². The Hall–Kier alpha value is -1.83. The molecule has 2 rings (SSSR count). The van der Waals surface area contributed by atoms with Gasteiger partial charge in [-0.3, -0.25) is 4.79 Å². The van der Waals surface area contributed by atoms with E-state index in [9.17, 15) is 4.79 Å². The first-order chi connectivity index (χ1) is 8.63. The van der Waals surface area contributed by atoms with Crippen LogP contribution in [0.1, 0.15) is 11.8 Å². The quantitative estimate of drug-likeness (QED) is 0.904. The maximum atomic E-state index is 11.2. The third kappa shape index (κ3) is 2.37. The van der Waals surface area contributed by atoms with Crippen LogP contribution in [0.3, 0.4) is 0 Å². The first kappa shape index (κ1) is 12.6. The van der Waals surface area contributed by atoms with Gasteiger partial charge >= 0.3 is 0 Å². The predicted molar refractivity (Wildman–Crippen MR) is 73.8 cm³/mol. The number of nitriles is 1. The van der Waals surface area contributed by atoms with Crippen molar-refractivity contribution < 1.29 is 4.79 Å². The lowest BCUT2D eigenvalue weighted by atomic mass is 10.1. The highest BCUT2D eigenvalue weighted by Gasteiger charge is 2.15. The van der Waals surface area contributed by atoms with Crippen LogP contribution in [0, 0.1) is 11.3 Å². The van der Waals surface area contributed by atoms with Crippen LogP contribution >= 0.6 is 22.9 Å². The van der Waals surface area contributed by atoms with Gasteiger partial charge in [0.2, 0.25) is 5.91 Å². The maximum absolute atomic E-state index is 11.2. The molecule has 0 aliphatic carbocycles. The molecule has 1 amide bonds. The topological polar surface area (TPSA) is 52.9 Å². The van der Waals surface area contributed by atoms with Crippen LogP contribution in [-0.2, 0) is 4.79 Å². The molecule has 18 heavy (non-hydrogen) atoms. The zero-order chi connectivity index (χ0) is 13.1. The molecule has 1 heterocycles. The lowest BCUT2D eigenvalue weighted by Crippen LogP contribution is -2.06. The Morgan fingerprint density at radius 1 is 1.39 bits per heavy atom. The van der Waals surface area contributed by atoms with E-state index in [-0.39, 0.29) is 5.91 Å². The summed E-state index contributed by atoms with van der Waals surface area (Å²) in [4.78, 5) is 11.7. The highest BCUT2D eigenvalue weighted by molar-refractivity contribution is 7.11. The van der Waals surface area contributed by atoms with Gasteiger partial charge in [0.15, 0.2) is 0 Å². The molecule has 0 saturated heterocycles. The van der Waals surface area contributed by atoms with E-state index in [4.69, 9.17) is 16.9 Å². The zero-order valence-corrected chi connectivity index (χ0v) is 11.1. The lowest BCUT2D eigenvalue weighted by molar-refractivity contribution is -0.114. The maximum Gasteiger partial charge on any atom is 0.221 e. The first-order valence-electron chi connectivity index (χ1n) is 5.17. The lowest BCUT2D eigenvalue weighted by Gasteiger charge is -2.07. The fourth-order valence-electron chi connectivity index (χ4n) is 1.62. The van der Waals surface area contributed by atoms with E-state index in [1.165, 1.54) is 18.3 Å². The van der Waals surface area contributed by atoms with Crippen molar-refractivity contribution >= 4 is 34.5 Å². The highest BCUT2D eigenvalue weighted by atomic mass is 35.5. The summed E-state index contributed by atoms with van der Waals surface area (Å²) in [6, 6.07) is 9.40. The van der Waals surface area contributed by atoms with Crippen molar-refractivity contribution in [3.63, 3.8) is 0 Å². The molecule has 5 heteroatoms. The van der Waals surface area contributed by atoms with E-state index < -0.39 is 0 Å². The second-order valence-electron chi connectivity index (χ2n) is 3.63. The molecule has 0 spiro atoms. The van der Waals surface area contributed by atoms with Gasteiger partial charge in [0.1, 0.15) is 10.9 Å². The van der Waals surface area contributed by atoms with Gasteiger partial charge in [0.25, 0.3) is 0 Å². The number of carbonyl (C=O) groups excluding carboxylic acids is 1. The van der Waals surface area contributed by atoms with Gasteiger partial charge in [0, 0.05) is 28.5 Å². The molecule has 0 saturated carbocycles. The van der Waals surface area contributed by atoms with Crippen molar-refractivity contribution in [3.8, 4) is 17.2 Å². The van der Waals surface area contributed by atoms with E-state index in [1.54, 1.807) is 6.07 Å². The number of carbonyl (C=O) groups is 1. The van der Waals surface area contributed by atoms with E-state index in [0.717, 1.165) is 11.1 Å². The molecule has 2 aromatic rings. The minimum absolute atomic E-state index is 0.210. The molecule has 1 aromatic heterocycles. The second-order valence-corrected chi connectivity index (χ2v) is 4.91. The minimum Gasteiger partial charge on any atom is -0.324 e. The molecule has 90 valence electrons. The number of nitrogens with zero attached hydrogens (tertiary/aromatic N) is 1. The van der Waals surface area contributed by atoms with Crippen LogP contribution in [0.2, 0.25) is 5.02 Å². The van der Waals surface area contributed by atoms with Crippen molar-refractivity contribution in [1.29, 1.82) is 5.26 Å². The van der Waals surface area contributed by atoms with Gasteiger partial charge in [-0.15, -0.1) is 11.3 Å². The van der Waals surface area contributed by atoms with Crippen LogP contribution in [0.15, 0.2) is 29.6 Å². The number of hydrogen-bond acceptors (Lipinski definition) is 3. The Balaban J connectivity index is 2.59. The van der Waals surface area contributed by atoms with Gasteiger partial charge in [-0.05, 0) is 6.07 Å². The van der Waals surface area contributed by atoms with Crippen LogP contribution in [0.4, 0.5) is 5.69 Å². The Labute approximate surface area is 114 Å². The summed E-state index contributed by atoms with van der Waals surface area (Å²) in [6.45, 7) is 1.41. The van der Waals surface area contributed by atoms with Crippen LogP contribution in [-0.4, -0.2) is 5.91 Å². The number of halogens is 1. The van der Waals surface area contributed by atoms with Crippen molar-refractivity contribution in [2.24, 2.45) is 0 Å². The van der Waals surface area contributed by atoms with Crippen LogP contribution < -0.4 is 5.32 Å². The Morgan fingerprint density at radius 3 is 2.72 bits per heavy atom. The molecule has 1 aromatic carbocycles. The zero-order valence-electron chi connectivity index (χ0n) is 9.53. The molecular formula is C13H9ClN2OS. The van der Waals surface area contributed by atoms with Gasteiger partial charge in [-0.25, -0.2) is 0 Å². The molecule has 0 fully saturated rings. The van der Waals surface area contributed by atoms with E-state index >= 15 is 0 Å². The molecule has 0 aliphatic rings. The third-order valence-electron chi connectivity index (χ3n) is 2.36. The van der Waals surface area contributed by atoms with E-state index in [1.807, 2.05) is 23.6 Å². The minimum atomic E-state index is -0.210. The summed E-state index contributed by atoms with van der Waals surface area (Å²) in [5.41, 5.74) is 2.11. The standard InChI is InChI=1S/C13H9ClN2OS/c1-8(17)16-13-10(7-18-12(13)6-15)9-4-2-3-5-11(9)14/h2-5,7H,1H3,(H,16,17). The molecule has 0 atom stereocenters. The average molecular weight is 277 g/mol. The number of benzene rings is 1. The number of hydrogen-bond donors (Lipinski definition) is 1. The number of amides is 1.